The van der Waals surface area contributed by atoms with E-state index in [1.165, 1.54) is 25.5 Å². The van der Waals surface area contributed by atoms with Crippen molar-refractivity contribution < 1.29 is 81.9 Å². The van der Waals surface area contributed by atoms with Crippen LogP contribution in [-0.4, -0.2) is 128 Å². The van der Waals surface area contributed by atoms with Gasteiger partial charge in [0.15, 0.2) is 17.0 Å². The van der Waals surface area contributed by atoms with Crippen molar-refractivity contribution in [1.29, 1.82) is 0 Å². The summed E-state index contributed by atoms with van der Waals surface area (Å²) in [4.78, 5) is 113. The zero-order valence-corrected chi connectivity index (χ0v) is 53.8. The van der Waals surface area contributed by atoms with Crippen molar-refractivity contribution in [3.63, 3.8) is 0 Å². The van der Waals surface area contributed by atoms with Crippen LogP contribution in [0.1, 0.15) is 62.4 Å². The molecule has 490 valence electrons. The fraction of sp³-hybridized carbons (Fsp3) is 0.324. The number of carboxylic acid groups (broad SMARTS) is 2. The van der Waals surface area contributed by atoms with Crippen molar-refractivity contribution in [3.8, 4) is 11.3 Å². The number of aromatic nitrogens is 1. The van der Waals surface area contributed by atoms with Crippen LogP contribution in [0.5, 0.6) is 0 Å². The first kappa shape index (κ1) is 76.4. The van der Waals surface area contributed by atoms with Crippen LogP contribution < -0.4 is 5.32 Å². The molecule has 7 aromatic rings. The standard InChI is InChI=1S/C19H18N2O2S.C14H19NO4.C14H18O4.C12H14O4.C12H14O3/c22-18(23)16(11-14-7-3-1-4-8-14)12-20-19-21-17(13-24-19)15-9-5-2-6-10-15;1-4-19-14(17)12(13(16)15(2)18-3)10-11-8-6-5-7-9-11;1-3-17-13(15)12(14(16)18-4-2)10-11-8-6-5-7-9-11;1-2-16-12(15)10(11(13)14)8-9-6-4-3-5-7-9;1-2-15-12(14)11(9-13)8-10-6-4-3-5-7-10/h1-10,13,16H,11-12H2,(H,20,21)(H,22,23);5-9,12H,4,10H2,1-3H3;5-9,12H,3-4,10H2,1-2H3;3-7,10H,2,8H2,1H3,(H,13,14);3-7,9,11H,2,8H2,1H3. The largest absolute Gasteiger partial charge is 0.481 e. The van der Waals surface area contributed by atoms with Gasteiger partial charge in [-0.15, -0.1) is 11.3 Å². The van der Waals surface area contributed by atoms with Gasteiger partial charge in [0.05, 0.1) is 51.8 Å². The predicted molar refractivity (Wildman–Crippen MR) is 348 cm³/mol. The normalized spacial score (nSPS) is 11.5. The molecule has 0 aliphatic heterocycles. The number of nitrogens with zero attached hydrogens (tertiary/aromatic N) is 2. The third-order valence-electron chi connectivity index (χ3n) is 13.1. The molecular weight excluding hydrogens is 1200 g/mol. The molecule has 0 saturated heterocycles. The Morgan fingerprint density at radius 2 is 0.804 bits per heavy atom. The number of carbonyl (C=O) groups excluding carboxylic acids is 7. The zero-order chi connectivity index (χ0) is 67.5. The van der Waals surface area contributed by atoms with Gasteiger partial charge in [0, 0.05) is 24.5 Å². The number of hydrogen-bond donors (Lipinski definition) is 3. The van der Waals surface area contributed by atoms with Gasteiger partial charge in [0.1, 0.15) is 18.1 Å². The predicted octanol–water partition coefficient (Wildman–Crippen LogP) is 10.7. The molecule has 1 aromatic heterocycles. The first-order valence-corrected chi connectivity index (χ1v) is 30.8. The van der Waals surface area contributed by atoms with Crippen molar-refractivity contribution >= 4 is 70.4 Å². The van der Waals surface area contributed by atoms with E-state index in [1.807, 2.05) is 163 Å². The van der Waals surface area contributed by atoms with Gasteiger partial charge in [0.2, 0.25) is 0 Å². The van der Waals surface area contributed by atoms with Gasteiger partial charge in [-0.25, -0.2) is 10.0 Å². The summed E-state index contributed by atoms with van der Waals surface area (Å²) in [7, 11) is 2.85. The Morgan fingerprint density at radius 3 is 1.17 bits per heavy atom. The van der Waals surface area contributed by atoms with E-state index in [9.17, 15) is 48.3 Å². The van der Waals surface area contributed by atoms with E-state index in [0.717, 1.165) is 49.3 Å². The van der Waals surface area contributed by atoms with Crippen molar-refractivity contribution in [2.45, 2.75) is 66.7 Å². The lowest BCUT2D eigenvalue weighted by Gasteiger charge is -2.20. The summed E-state index contributed by atoms with van der Waals surface area (Å²) in [6.45, 7) is 10.1. The van der Waals surface area contributed by atoms with E-state index in [0.29, 0.717) is 45.1 Å². The Bertz CT molecular complexity index is 3250. The summed E-state index contributed by atoms with van der Waals surface area (Å²) in [5.41, 5.74) is 6.56. The molecule has 20 nitrogen and oxygen atoms in total. The molecule has 6 aromatic carbocycles. The van der Waals surface area contributed by atoms with Crippen molar-refractivity contribution in [2.24, 2.45) is 29.6 Å². The van der Waals surface area contributed by atoms with Crippen LogP contribution in [0.2, 0.25) is 0 Å². The lowest BCUT2D eigenvalue weighted by molar-refractivity contribution is -0.179. The van der Waals surface area contributed by atoms with E-state index >= 15 is 0 Å². The number of aldehydes is 1. The van der Waals surface area contributed by atoms with E-state index in [2.05, 4.69) is 10.3 Å². The number of hydrogen-bond acceptors (Lipinski definition) is 18. The van der Waals surface area contributed by atoms with Crippen LogP contribution in [-0.2, 0) is 104 Å². The first-order valence-electron chi connectivity index (χ1n) is 29.9. The molecule has 0 radical (unpaired) electrons. The third-order valence-corrected chi connectivity index (χ3v) is 13.9. The summed E-state index contributed by atoms with van der Waals surface area (Å²) in [6, 6.07) is 56.7. The maximum absolute atomic E-state index is 12.1. The van der Waals surface area contributed by atoms with Gasteiger partial charge >= 0.3 is 41.8 Å². The highest BCUT2D eigenvalue weighted by atomic mass is 32.1. The highest BCUT2D eigenvalue weighted by molar-refractivity contribution is 7.14. The molecule has 0 aliphatic rings. The number of nitrogens with one attached hydrogen (secondary N) is 1. The average molecular weight is 1280 g/mol. The SMILES string of the molecule is CCOC(=O)C(C=O)Cc1ccccc1.CCOC(=O)C(Cc1ccccc1)C(=O)N(C)OC.CCOC(=O)C(Cc1ccccc1)C(=O)O.CCOC(=O)C(Cc1ccccc1)C(=O)OCC.O=C(O)C(CNc1nc(-c2ccccc2)cs1)Cc1ccccc1. The number of aliphatic carboxylic acids is 2. The molecule has 1 amide bonds. The second-order valence-corrected chi connectivity index (χ2v) is 20.6. The van der Waals surface area contributed by atoms with Crippen LogP contribution in [0.4, 0.5) is 5.13 Å². The minimum atomic E-state index is -1.15. The smallest absolute Gasteiger partial charge is 0.320 e. The first-order chi connectivity index (χ1) is 44.4. The van der Waals surface area contributed by atoms with Crippen LogP contribution in [0, 0.1) is 29.6 Å². The van der Waals surface area contributed by atoms with Crippen molar-refractivity contribution in [2.75, 3.05) is 59.1 Å². The second-order valence-electron chi connectivity index (χ2n) is 19.8. The molecule has 1 heterocycles. The lowest BCUT2D eigenvalue weighted by atomic mass is 9.98. The van der Waals surface area contributed by atoms with Crippen molar-refractivity contribution in [1.82, 2.24) is 10.0 Å². The summed E-state index contributed by atoms with van der Waals surface area (Å²) >= 11 is 1.49. The number of carbonyl (C=O) groups is 9. The van der Waals surface area contributed by atoms with Crippen molar-refractivity contribution in [3.05, 3.63) is 215 Å². The number of benzene rings is 6. The Morgan fingerprint density at radius 1 is 0.467 bits per heavy atom. The third kappa shape index (κ3) is 29.2. The molecule has 4 unspecified atom stereocenters. The number of carboxylic acids is 2. The quantitative estimate of drug-likeness (QED) is 0.0129. The fourth-order valence-electron chi connectivity index (χ4n) is 8.39. The Labute approximate surface area is 541 Å². The van der Waals surface area contributed by atoms with Gasteiger partial charge in [-0.05, 0) is 94.5 Å². The van der Waals surface area contributed by atoms with Gasteiger partial charge < -0.3 is 44.0 Å². The maximum atomic E-state index is 12.1. The molecule has 0 bridgehead atoms. The van der Waals surface area contributed by atoms with E-state index < -0.39 is 77.3 Å². The molecule has 92 heavy (non-hydrogen) atoms. The van der Waals surface area contributed by atoms with Crippen LogP contribution >= 0.6 is 11.3 Å². The Hall–Kier alpha value is -9.86. The maximum Gasteiger partial charge on any atom is 0.320 e. The molecule has 4 atom stereocenters. The molecule has 21 heteroatoms. The van der Waals surface area contributed by atoms with Gasteiger partial charge in [-0.3, -0.25) is 43.2 Å². The summed E-state index contributed by atoms with van der Waals surface area (Å²) < 4.78 is 24.3. The van der Waals surface area contributed by atoms with Gasteiger partial charge in [0.25, 0.3) is 5.91 Å². The molecule has 3 N–H and O–H groups in total. The summed E-state index contributed by atoms with van der Waals surface area (Å²) in [6.07, 6.45) is 2.31. The number of amides is 1. The molecule has 0 aliphatic carbocycles. The van der Waals surface area contributed by atoms with E-state index in [4.69, 9.17) is 33.6 Å². The molecule has 0 spiro atoms. The number of hydroxylamine groups is 2. The Kier molecular flexibility index (Phi) is 37.0. The molecule has 0 saturated carbocycles. The van der Waals surface area contributed by atoms with Crippen LogP contribution in [0.15, 0.2) is 187 Å². The van der Waals surface area contributed by atoms with Gasteiger partial charge in [-0.1, -0.05) is 182 Å². The van der Waals surface area contributed by atoms with Crippen LogP contribution in [0.25, 0.3) is 11.3 Å². The second kappa shape index (κ2) is 44.6. The number of anilines is 1. The minimum Gasteiger partial charge on any atom is -0.481 e. The number of esters is 5. The van der Waals surface area contributed by atoms with Crippen LogP contribution in [0.3, 0.4) is 0 Å². The zero-order valence-electron chi connectivity index (χ0n) is 53.0. The molecule has 7 rings (SSSR count). The summed E-state index contributed by atoms with van der Waals surface area (Å²) in [5.74, 6) is -9.14. The topological polar surface area (TPSA) is 278 Å². The molecular formula is C71H83N3O17S. The average Bonchev–Trinajstić information content (AvgIpc) is 2.10. The number of ether oxygens (including phenoxy) is 5. The van der Waals surface area contributed by atoms with E-state index in [1.54, 1.807) is 58.9 Å². The fourth-order valence-corrected chi connectivity index (χ4v) is 9.12. The highest BCUT2D eigenvalue weighted by Gasteiger charge is 2.32. The number of thiazole rings is 1. The summed E-state index contributed by atoms with van der Waals surface area (Å²) in [5, 5.41) is 25.3. The number of rotatable bonds is 29. The highest BCUT2D eigenvalue weighted by Crippen LogP contribution is 2.25. The van der Waals surface area contributed by atoms with Gasteiger partial charge in [-0.2, -0.15) is 0 Å². The lowest BCUT2D eigenvalue weighted by Crippen LogP contribution is -2.38. The Balaban J connectivity index is 0.000000303. The minimum absolute atomic E-state index is 0.162. The monoisotopic (exact) mass is 1280 g/mol. The van der Waals surface area contributed by atoms with E-state index in [-0.39, 0.29) is 32.8 Å². The molecule has 0 fully saturated rings.